The van der Waals surface area contributed by atoms with E-state index in [9.17, 15) is 4.79 Å². The van der Waals surface area contributed by atoms with E-state index < -0.39 is 5.97 Å². The summed E-state index contributed by atoms with van der Waals surface area (Å²) < 4.78 is 20.1. The van der Waals surface area contributed by atoms with E-state index in [4.69, 9.17) is 13.9 Å². The smallest absolute Gasteiger partial charge is 0.376 e. The normalized spacial score (nSPS) is 10.5. The van der Waals surface area contributed by atoms with Gasteiger partial charge in [-0.3, -0.25) is 0 Å². The molecule has 0 bridgehead atoms. The van der Waals surface area contributed by atoms with Gasteiger partial charge in [-0.1, -0.05) is 0 Å². The van der Waals surface area contributed by atoms with E-state index in [-0.39, 0.29) is 12.4 Å². The summed E-state index contributed by atoms with van der Waals surface area (Å²) in [6.07, 6.45) is 0.515. The van der Waals surface area contributed by atoms with Gasteiger partial charge in [-0.25, -0.2) is 9.78 Å². The van der Waals surface area contributed by atoms with Gasteiger partial charge >= 0.3 is 5.97 Å². The molecule has 0 unspecified atom stereocenters. The summed E-state index contributed by atoms with van der Waals surface area (Å²) in [6.45, 7) is 3.26. The number of aromatic nitrogens is 1. The molecular weight excluding hydrogens is 226 g/mol. The monoisotopic (exact) mass is 243 g/mol. The fraction of sp³-hybridized carbons (Fsp3) is 0.636. The fourth-order valence-corrected chi connectivity index (χ4v) is 1.30. The van der Waals surface area contributed by atoms with Crippen LogP contribution < -0.4 is 0 Å². The van der Waals surface area contributed by atoms with Gasteiger partial charge in [0.1, 0.15) is 5.69 Å². The number of rotatable bonds is 7. The molecule has 0 spiro atoms. The molecule has 0 atom stereocenters. The first-order valence-electron chi connectivity index (χ1n) is 5.36. The maximum Gasteiger partial charge on any atom is 0.376 e. The van der Waals surface area contributed by atoms with Crippen molar-refractivity contribution in [3.63, 3.8) is 0 Å². The van der Waals surface area contributed by atoms with Crippen LogP contribution in [0.25, 0.3) is 0 Å². The van der Waals surface area contributed by atoms with Crippen molar-refractivity contribution < 1.29 is 23.4 Å². The SMILES string of the molecule is CCOCCc1nc(COC)c(C(=O)OC)o1. The first kappa shape index (κ1) is 13.7. The number of hydrogen-bond acceptors (Lipinski definition) is 6. The molecule has 0 saturated carbocycles. The average molecular weight is 243 g/mol. The van der Waals surface area contributed by atoms with Crippen LogP contribution in [0.3, 0.4) is 0 Å². The number of hydrogen-bond donors (Lipinski definition) is 0. The Morgan fingerprint density at radius 1 is 1.41 bits per heavy atom. The molecule has 0 amide bonds. The zero-order chi connectivity index (χ0) is 12.7. The summed E-state index contributed by atoms with van der Waals surface area (Å²) in [5, 5.41) is 0. The number of ether oxygens (including phenoxy) is 3. The Morgan fingerprint density at radius 2 is 2.18 bits per heavy atom. The third-order valence-electron chi connectivity index (χ3n) is 2.06. The molecule has 0 radical (unpaired) electrons. The van der Waals surface area contributed by atoms with Crippen LogP contribution in [0.4, 0.5) is 0 Å². The van der Waals surface area contributed by atoms with Gasteiger partial charge in [-0.05, 0) is 6.92 Å². The second-order valence-corrected chi connectivity index (χ2v) is 3.25. The minimum absolute atomic E-state index is 0.0980. The van der Waals surface area contributed by atoms with Crippen molar-refractivity contribution in [3.8, 4) is 0 Å². The van der Waals surface area contributed by atoms with Crippen LogP contribution in [0, 0.1) is 0 Å². The molecule has 0 aromatic carbocycles. The van der Waals surface area contributed by atoms with E-state index in [1.807, 2.05) is 6.92 Å². The first-order chi connectivity index (χ1) is 8.22. The molecule has 1 aromatic rings. The van der Waals surface area contributed by atoms with Gasteiger partial charge in [-0.2, -0.15) is 0 Å². The average Bonchev–Trinajstić information content (AvgIpc) is 2.72. The Balaban J connectivity index is 2.76. The summed E-state index contributed by atoms with van der Waals surface area (Å²) in [6, 6.07) is 0. The molecule has 0 aliphatic rings. The predicted molar refractivity (Wildman–Crippen MR) is 58.8 cm³/mol. The molecule has 1 rings (SSSR count). The summed E-state index contributed by atoms with van der Waals surface area (Å²) in [5.74, 6) is -0.000964. The largest absolute Gasteiger partial charge is 0.463 e. The number of oxazole rings is 1. The number of carbonyl (C=O) groups is 1. The highest BCUT2D eigenvalue weighted by molar-refractivity contribution is 5.87. The molecule has 0 fully saturated rings. The van der Waals surface area contributed by atoms with Crippen molar-refractivity contribution in [1.29, 1.82) is 0 Å². The summed E-state index contributed by atoms with van der Waals surface area (Å²) in [4.78, 5) is 15.6. The molecular formula is C11H17NO5. The predicted octanol–water partition coefficient (Wildman–Crippen LogP) is 1.19. The van der Waals surface area contributed by atoms with Crippen LogP contribution >= 0.6 is 0 Å². The lowest BCUT2D eigenvalue weighted by Crippen LogP contribution is -2.04. The van der Waals surface area contributed by atoms with E-state index >= 15 is 0 Å². The number of methoxy groups -OCH3 is 2. The Labute approximate surface area is 99.9 Å². The molecule has 6 nitrogen and oxygen atoms in total. The van der Waals surface area contributed by atoms with Gasteiger partial charge in [0, 0.05) is 20.1 Å². The van der Waals surface area contributed by atoms with Gasteiger partial charge < -0.3 is 18.6 Å². The highest BCUT2D eigenvalue weighted by atomic mass is 16.5. The van der Waals surface area contributed by atoms with E-state index in [0.717, 1.165) is 0 Å². The van der Waals surface area contributed by atoms with Crippen molar-refractivity contribution in [2.24, 2.45) is 0 Å². The van der Waals surface area contributed by atoms with Crippen LogP contribution in [0.15, 0.2) is 4.42 Å². The van der Waals surface area contributed by atoms with E-state index in [1.165, 1.54) is 14.2 Å². The molecule has 17 heavy (non-hydrogen) atoms. The van der Waals surface area contributed by atoms with Crippen LogP contribution in [0.2, 0.25) is 0 Å². The summed E-state index contributed by atoms with van der Waals surface area (Å²) >= 11 is 0. The minimum atomic E-state index is -0.549. The molecule has 0 aliphatic carbocycles. The zero-order valence-electron chi connectivity index (χ0n) is 10.3. The lowest BCUT2D eigenvalue weighted by molar-refractivity contribution is 0.0555. The second-order valence-electron chi connectivity index (χ2n) is 3.25. The number of esters is 1. The van der Waals surface area contributed by atoms with Crippen molar-refractivity contribution in [2.45, 2.75) is 20.0 Å². The van der Waals surface area contributed by atoms with Crippen molar-refractivity contribution in [1.82, 2.24) is 4.98 Å². The lowest BCUT2D eigenvalue weighted by atomic mass is 10.3. The second kappa shape index (κ2) is 7.03. The van der Waals surface area contributed by atoms with Gasteiger partial charge in [-0.15, -0.1) is 0 Å². The van der Waals surface area contributed by atoms with Gasteiger partial charge in [0.05, 0.1) is 20.3 Å². The number of nitrogens with zero attached hydrogens (tertiary/aromatic N) is 1. The van der Waals surface area contributed by atoms with Crippen LogP contribution in [0.1, 0.15) is 29.1 Å². The van der Waals surface area contributed by atoms with Crippen LogP contribution in [-0.4, -0.2) is 38.4 Å². The van der Waals surface area contributed by atoms with Crippen molar-refractivity contribution >= 4 is 5.97 Å². The zero-order valence-corrected chi connectivity index (χ0v) is 10.3. The van der Waals surface area contributed by atoms with Crippen molar-refractivity contribution in [3.05, 3.63) is 17.3 Å². The quantitative estimate of drug-likeness (QED) is 0.529. The van der Waals surface area contributed by atoms with E-state index in [0.29, 0.717) is 31.2 Å². The van der Waals surface area contributed by atoms with Gasteiger partial charge in [0.15, 0.2) is 5.89 Å². The maximum absolute atomic E-state index is 11.4. The Kier molecular flexibility index (Phi) is 5.65. The third kappa shape index (κ3) is 3.83. The van der Waals surface area contributed by atoms with Gasteiger partial charge in [0.2, 0.25) is 5.76 Å². The Morgan fingerprint density at radius 3 is 2.76 bits per heavy atom. The van der Waals surface area contributed by atoms with Crippen LogP contribution in [0.5, 0.6) is 0 Å². The highest BCUT2D eigenvalue weighted by Crippen LogP contribution is 2.14. The van der Waals surface area contributed by atoms with E-state index in [1.54, 1.807) is 0 Å². The third-order valence-corrected chi connectivity index (χ3v) is 2.06. The molecule has 96 valence electrons. The fourth-order valence-electron chi connectivity index (χ4n) is 1.30. The molecule has 6 heteroatoms. The van der Waals surface area contributed by atoms with Crippen LogP contribution in [-0.2, 0) is 27.2 Å². The Hall–Kier alpha value is -1.40. The van der Waals surface area contributed by atoms with Gasteiger partial charge in [0.25, 0.3) is 0 Å². The first-order valence-corrected chi connectivity index (χ1v) is 5.36. The minimum Gasteiger partial charge on any atom is -0.463 e. The number of carbonyl (C=O) groups excluding carboxylic acids is 1. The summed E-state index contributed by atoms with van der Waals surface area (Å²) in [7, 11) is 2.82. The van der Waals surface area contributed by atoms with E-state index in [2.05, 4.69) is 9.72 Å². The lowest BCUT2D eigenvalue weighted by Gasteiger charge is -1.97. The standard InChI is InChI=1S/C11H17NO5/c1-4-16-6-5-9-12-8(7-14-2)10(17-9)11(13)15-3/h4-7H2,1-3H3. The molecule has 0 aliphatic heterocycles. The highest BCUT2D eigenvalue weighted by Gasteiger charge is 2.20. The molecule has 1 aromatic heterocycles. The van der Waals surface area contributed by atoms with Crippen molar-refractivity contribution in [2.75, 3.05) is 27.4 Å². The molecule has 1 heterocycles. The molecule has 0 N–H and O–H groups in total. The maximum atomic E-state index is 11.4. The Bertz CT molecular complexity index is 361. The topological polar surface area (TPSA) is 70.8 Å². The molecule has 0 saturated heterocycles. The summed E-state index contributed by atoms with van der Waals surface area (Å²) in [5.41, 5.74) is 0.450.